The van der Waals surface area contributed by atoms with Gasteiger partial charge in [-0.15, -0.1) is 0 Å². The van der Waals surface area contributed by atoms with Gasteiger partial charge in [0.25, 0.3) is 0 Å². The van der Waals surface area contributed by atoms with Gasteiger partial charge in [0.1, 0.15) is 11.6 Å². The van der Waals surface area contributed by atoms with E-state index < -0.39 is 11.6 Å². The molecule has 0 amide bonds. The van der Waals surface area contributed by atoms with Crippen LogP contribution in [0.2, 0.25) is 0 Å². The Bertz CT molecular complexity index is 846. The molecular formula is C16H11F2N3S. The number of aromatic nitrogens is 1. The molecule has 2 N–H and O–H groups in total. The molecule has 0 aliphatic carbocycles. The summed E-state index contributed by atoms with van der Waals surface area (Å²) in [6.45, 7) is 0. The molecular weight excluding hydrogens is 304 g/mol. The molecule has 0 aliphatic rings. The second kappa shape index (κ2) is 6.03. The lowest BCUT2D eigenvalue weighted by Gasteiger charge is -2.13. The maximum atomic E-state index is 13.6. The summed E-state index contributed by atoms with van der Waals surface area (Å²) in [5, 5.41) is 7.85. The number of hydrogen-bond acceptors (Lipinski definition) is 2. The molecule has 0 bridgehead atoms. The molecule has 0 fully saturated rings. The van der Waals surface area contributed by atoms with Gasteiger partial charge in [-0.05, 0) is 36.5 Å². The fourth-order valence-corrected chi connectivity index (χ4v) is 2.32. The van der Waals surface area contributed by atoms with E-state index in [1.165, 1.54) is 6.07 Å². The van der Waals surface area contributed by atoms with Gasteiger partial charge in [0.2, 0.25) is 0 Å². The van der Waals surface area contributed by atoms with Crippen molar-refractivity contribution in [3.63, 3.8) is 0 Å². The maximum Gasteiger partial charge on any atom is 0.175 e. The number of pyridine rings is 1. The van der Waals surface area contributed by atoms with Crippen LogP contribution >= 0.6 is 12.2 Å². The zero-order valence-corrected chi connectivity index (χ0v) is 12.1. The van der Waals surface area contributed by atoms with Gasteiger partial charge < -0.3 is 10.6 Å². The number of rotatable bonds is 2. The molecule has 2 aromatic carbocycles. The Morgan fingerprint density at radius 1 is 1.00 bits per heavy atom. The molecule has 0 atom stereocenters. The summed E-state index contributed by atoms with van der Waals surface area (Å²) in [5.74, 6) is -1.34. The van der Waals surface area contributed by atoms with Crippen LogP contribution in [0.15, 0.2) is 54.9 Å². The number of nitrogens with zero attached hydrogens (tertiary/aromatic N) is 1. The van der Waals surface area contributed by atoms with Crippen LogP contribution in [-0.2, 0) is 0 Å². The van der Waals surface area contributed by atoms with E-state index in [1.807, 2.05) is 24.3 Å². The van der Waals surface area contributed by atoms with Gasteiger partial charge in [0.15, 0.2) is 5.11 Å². The minimum absolute atomic E-state index is 0.112. The van der Waals surface area contributed by atoms with Crippen molar-refractivity contribution in [2.75, 3.05) is 10.6 Å². The third-order valence-corrected chi connectivity index (χ3v) is 3.31. The van der Waals surface area contributed by atoms with E-state index >= 15 is 0 Å². The van der Waals surface area contributed by atoms with Crippen molar-refractivity contribution in [1.29, 1.82) is 0 Å². The topological polar surface area (TPSA) is 37.0 Å². The molecule has 6 heteroatoms. The number of fused-ring (bicyclic) bond motifs is 1. The molecule has 0 saturated carbocycles. The van der Waals surface area contributed by atoms with Crippen LogP contribution in [0.3, 0.4) is 0 Å². The van der Waals surface area contributed by atoms with Gasteiger partial charge in [-0.25, -0.2) is 8.78 Å². The fraction of sp³-hybridized carbons (Fsp3) is 0. The molecule has 0 unspecified atom stereocenters. The smallest absolute Gasteiger partial charge is 0.175 e. The van der Waals surface area contributed by atoms with E-state index in [1.54, 1.807) is 12.4 Å². The molecule has 1 heterocycles. The quantitative estimate of drug-likeness (QED) is 0.691. The van der Waals surface area contributed by atoms with Crippen molar-refractivity contribution in [3.05, 3.63) is 66.5 Å². The normalized spacial score (nSPS) is 10.5. The lowest BCUT2D eigenvalue weighted by molar-refractivity contribution is 0.586. The Labute approximate surface area is 131 Å². The van der Waals surface area contributed by atoms with Gasteiger partial charge in [-0.2, -0.15) is 0 Å². The van der Waals surface area contributed by atoms with E-state index in [4.69, 9.17) is 12.2 Å². The molecule has 0 saturated heterocycles. The largest absolute Gasteiger partial charge is 0.332 e. The van der Waals surface area contributed by atoms with Gasteiger partial charge in [0, 0.05) is 34.9 Å². The highest BCUT2D eigenvalue weighted by Gasteiger charge is 2.07. The number of anilines is 2. The van der Waals surface area contributed by atoms with Gasteiger partial charge in [-0.3, -0.25) is 4.98 Å². The Balaban J connectivity index is 1.81. The lowest BCUT2D eigenvalue weighted by atomic mass is 10.1. The SMILES string of the molecule is Fc1ccc(NC(=S)Nc2cccc3cnccc23)c(F)c1. The minimum atomic E-state index is -0.703. The third-order valence-electron chi connectivity index (χ3n) is 3.11. The molecule has 0 radical (unpaired) electrons. The van der Waals surface area contributed by atoms with E-state index in [9.17, 15) is 8.78 Å². The summed E-state index contributed by atoms with van der Waals surface area (Å²) >= 11 is 5.18. The first-order valence-corrected chi connectivity index (χ1v) is 6.90. The van der Waals surface area contributed by atoms with Gasteiger partial charge in [-0.1, -0.05) is 12.1 Å². The van der Waals surface area contributed by atoms with Crippen molar-refractivity contribution in [3.8, 4) is 0 Å². The van der Waals surface area contributed by atoms with Crippen molar-refractivity contribution in [2.24, 2.45) is 0 Å². The second-order valence-corrected chi connectivity index (χ2v) is 5.01. The first kappa shape index (κ1) is 14.3. The highest BCUT2D eigenvalue weighted by atomic mass is 32.1. The average molecular weight is 315 g/mol. The van der Waals surface area contributed by atoms with E-state index in [2.05, 4.69) is 15.6 Å². The van der Waals surface area contributed by atoms with Crippen LogP contribution in [0, 0.1) is 11.6 Å². The van der Waals surface area contributed by atoms with Crippen LogP contribution in [0.5, 0.6) is 0 Å². The molecule has 3 nitrogen and oxygen atoms in total. The number of benzene rings is 2. The van der Waals surface area contributed by atoms with Gasteiger partial charge in [0.05, 0.1) is 5.69 Å². The fourth-order valence-electron chi connectivity index (χ4n) is 2.10. The summed E-state index contributed by atoms with van der Waals surface area (Å²) in [5.41, 5.74) is 0.890. The predicted molar refractivity (Wildman–Crippen MR) is 87.9 cm³/mol. The van der Waals surface area contributed by atoms with Crippen LogP contribution in [0.4, 0.5) is 20.2 Å². The zero-order valence-electron chi connectivity index (χ0n) is 11.3. The number of hydrogen-bond donors (Lipinski definition) is 2. The summed E-state index contributed by atoms with van der Waals surface area (Å²) in [4.78, 5) is 4.06. The third kappa shape index (κ3) is 3.01. The average Bonchev–Trinajstić information content (AvgIpc) is 2.50. The summed E-state index contributed by atoms with van der Waals surface area (Å²) in [6.07, 6.45) is 3.43. The maximum absolute atomic E-state index is 13.6. The summed E-state index contributed by atoms with van der Waals surface area (Å²) < 4.78 is 26.5. The Kier molecular flexibility index (Phi) is 3.93. The lowest BCUT2D eigenvalue weighted by Crippen LogP contribution is -2.20. The first-order chi connectivity index (χ1) is 10.6. The van der Waals surface area contributed by atoms with Gasteiger partial charge >= 0.3 is 0 Å². The predicted octanol–water partition coefficient (Wildman–Crippen LogP) is 4.32. The molecule has 1 aromatic heterocycles. The Morgan fingerprint density at radius 3 is 2.64 bits per heavy atom. The highest BCUT2D eigenvalue weighted by molar-refractivity contribution is 7.80. The van der Waals surface area contributed by atoms with Crippen molar-refractivity contribution in [2.45, 2.75) is 0 Å². The Hall–Kier alpha value is -2.60. The molecule has 0 aliphatic heterocycles. The second-order valence-electron chi connectivity index (χ2n) is 4.61. The Morgan fingerprint density at radius 2 is 1.82 bits per heavy atom. The molecule has 3 rings (SSSR count). The number of nitrogens with one attached hydrogen (secondary N) is 2. The van der Waals surface area contributed by atoms with Crippen molar-refractivity contribution < 1.29 is 8.78 Å². The standard InChI is InChI=1S/C16H11F2N3S/c17-11-4-5-15(13(18)8-11)21-16(22)20-14-3-1-2-10-9-19-7-6-12(10)14/h1-9H,(H2,20,21,22). The molecule has 110 valence electrons. The number of thiocarbonyl (C=S) groups is 1. The van der Waals surface area contributed by atoms with Crippen LogP contribution < -0.4 is 10.6 Å². The van der Waals surface area contributed by atoms with Crippen molar-refractivity contribution >= 4 is 39.5 Å². The van der Waals surface area contributed by atoms with Crippen LogP contribution in [0.25, 0.3) is 10.8 Å². The van der Waals surface area contributed by atoms with E-state index in [0.717, 1.165) is 28.6 Å². The highest BCUT2D eigenvalue weighted by Crippen LogP contribution is 2.22. The molecule has 3 aromatic rings. The molecule has 22 heavy (non-hydrogen) atoms. The van der Waals surface area contributed by atoms with E-state index in [0.29, 0.717) is 0 Å². The monoisotopic (exact) mass is 315 g/mol. The zero-order chi connectivity index (χ0) is 15.5. The summed E-state index contributed by atoms with van der Waals surface area (Å²) in [6, 6.07) is 10.8. The van der Waals surface area contributed by atoms with Crippen LogP contribution in [-0.4, -0.2) is 10.1 Å². The first-order valence-electron chi connectivity index (χ1n) is 6.49. The minimum Gasteiger partial charge on any atom is -0.332 e. The number of halogens is 2. The van der Waals surface area contributed by atoms with E-state index in [-0.39, 0.29) is 10.8 Å². The molecule has 0 spiro atoms. The summed E-state index contributed by atoms with van der Waals surface area (Å²) in [7, 11) is 0. The van der Waals surface area contributed by atoms with Crippen molar-refractivity contribution in [1.82, 2.24) is 4.98 Å². The van der Waals surface area contributed by atoms with Crippen LogP contribution in [0.1, 0.15) is 0 Å².